The summed E-state index contributed by atoms with van der Waals surface area (Å²) in [5.74, 6) is -2.24. The van der Waals surface area contributed by atoms with Gasteiger partial charge in [0.05, 0.1) is 46.2 Å². The Morgan fingerprint density at radius 1 is 0.333 bits per heavy atom. The predicted molar refractivity (Wildman–Crippen MR) is 485 cm³/mol. The van der Waals surface area contributed by atoms with Gasteiger partial charge in [0.2, 0.25) is 23.6 Å². The zero-order chi connectivity index (χ0) is 94.5. The van der Waals surface area contributed by atoms with Gasteiger partial charge in [0.15, 0.2) is 18.9 Å². The molecule has 16 N–H and O–H groups in total. The number of amides is 4. The molecular formula is C94H179N5O30. The van der Waals surface area contributed by atoms with E-state index in [1.54, 1.807) is 0 Å². The molecule has 3 heterocycles. The zero-order valence-electron chi connectivity index (χ0n) is 79.4. The van der Waals surface area contributed by atoms with Crippen LogP contribution in [0.4, 0.5) is 0 Å². The topological polar surface area (TPSA) is 507 Å². The Kier molecular flexibility index (Phi) is 77.1. The fourth-order valence-electron chi connectivity index (χ4n) is 15.2. The summed E-state index contributed by atoms with van der Waals surface area (Å²) in [7, 11) is 0. The van der Waals surface area contributed by atoms with E-state index in [-0.39, 0.29) is 128 Å². The molecule has 0 bridgehead atoms. The van der Waals surface area contributed by atoms with E-state index in [0.717, 1.165) is 32.5 Å². The van der Waals surface area contributed by atoms with Crippen molar-refractivity contribution >= 4 is 35.6 Å². The molecule has 760 valence electrons. The molecule has 3 fully saturated rings. The van der Waals surface area contributed by atoms with E-state index in [1.165, 1.54) is 198 Å². The average Bonchev–Trinajstić information content (AvgIpc) is 0.830. The molecule has 3 saturated heterocycles. The molecule has 0 aromatic heterocycles. The second-order valence-electron chi connectivity index (χ2n) is 34.6. The molecule has 0 aliphatic carbocycles. The number of nitrogens with zero attached hydrogens (tertiary/aromatic N) is 1. The van der Waals surface area contributed by atoms with Crippen LogP contribution in [-0.2, 0) is 85.7 Å². The minimum absolute atomic E-state index is 0.0136. The van der Waals surface area contributed by atoms with E-state index in [9.17, 15) is 90.0 Å². The van der Waals surface area contributed by atoms with Crippen molar-refractivity contribution in [3.05, 3.63) is 0 Å². The monoisotopic (exact) mass is 1860 g/mol. The van der Waals surface area contributed by atoms with Crippen LogP contribution in [0.25, 0.3) is 0 Å². The number of nitrogens with one attached hydrogen (secondary N) is 4. The highest BCUT2D eigenvalue weighted by atomic mass is 16.7. The number of carbonyl (C=O) groups excluding carboxylic acids is 6. The van der Waals surface area contributed by atoms with Gasteiger partial charge >= 0.3 is 11.9 Å². The van der Waals surface area contributed by atoms with Crippen molar-refractivity contribution in [2.45, 2.75) is 440 Å². The van der Waals surface area contributed by atoms with Gasteiger partial charge in [0.1, 0.15) is 92.0 Å². The number of hydrogen-bond acceptors (Lipinski definition) is 31. The minimum atomic E-state index is -1.59. The number of esters is 1. The average molecular weight is 1860 g/mol. The Bertz CT molecular complexity index is 2610. The standard InChI is InChI=1S/C51H93N5O26.C43H86O4/c1-2-74-26-27-75-25-16-37(62)55-31(12-9-19-54-82-38(63)15-5-8-24-78-51-47(72)44(69)41(66)34(30-59)81-51)48(73)56(20-10-17-52-35(60)13-3-6-22-76-49-45(70)42(67)39(64)32(28-57)79-49)21-11-18-53-36(61)14-4-7-23-77-50-46(71)43(68)40(65)33(29-58)80-50;1-4-7-9-11-13-15-17-19-21-23-25-27-29-31-33-35-38-45-40-42(41-47-43(44)37-6-3)46-39-36-34-32-30-28-26-24-22-20-18-16-14-12-10-8-5-2/h31-34,39-47,49-51,54,57-59,64-72H,2-30H2,1H3,(H,52,60)(H,53,61)(H,55,62);42H,4-41H2,1-3H3/t31-,32?,33?,34?,39?,40?,41?,42?,43?,44?,45?,46?,47?,49?,50?,51?;/m0./s1. The molecule has 35 nitrogen and oxygen atoms in total. The fourth-order valence-corrected chi connectivity index (χ4v) is 15.2. The smallest absolute Gasteiger partial charge is 0.324 e. The maximum Gasteiger partial charge on any atom is 0.324 e. The normalized spacial score (nSPS) is 22.7. The molecule has 16 unspecified atom stereocenters. The predicted octanol–water partition coefficient (Wildman–Crippen LogP) is 7.80. The first-order valence-electron chi connectivity index (χ1n) is 49.9. The van der Waals surface area contributed by atoms with Crippen LogP contribution in [0.2, 0.25) is 0 Å². The van der Waals surface area contributed by atoms with Crippen molar-refractivity contribution in [1.29, 1.82) is 0 Å². The number of aliphatic hydroxyl groups excluding tert-OH is 12. The van der Waals surface area contributed by atoms with Crippen LogP contribution in [0.15, 0.2) is 0 Å². The first-order valence-corrected chi connectivity index (χ1v) is 49.9. The first-order chi connectivity index (χ1) is 62.6. The molecule has 3 aliphatic rings. The molecule has 0 saturated carbocycles. The molecule has 3 rings (SSSR count). The number of hydroxylamine groups is 1. The highest BCUT2D eigenvalue weighted by Gasteiger charge is 2.46. The Morgan fingerprint density at radius 2 is 0.713 bits per heavy atom. The number of aliphatic hydroxyl groups is 12. The van der Waals surface area contributed by atoms with Gasteiger partial charge in [0, 0.05) is 104 Å². The lowest BCUT2D eigenvalue weighted by atomic mass is 9.99. The molecule has 17 atom stereocenters. The summed E-state index contributed by atoms with van der Waals surface area (Å²) in [5.41, 5.74) is 2.58. The molecule has 0 spiro atoms. The van der Waals surface area contributed by atoms with E-state index < -0.39 is 136 Å². The molecule has 0 aromatic rings. The van der Waals surface area contributed by atoms with Crippen molar-refractivity contribution in [3.8, 4) is 0 Å². The summed E-state index contributed by atoms with van der Waals surface area (Å²) in [4.78, 5) is 84.3. The van der Waals surface area contributed by atoms with Crippen LogP contribution >= 0.6 is 0 Å². The summed E-state index contributed by atoms with van der Waals surface area (Å²) < 4.78 is 60.7. The molecule has 129 heavy (non-hydrogen) atoms. The summed E-state index contributed by atoms with van der Waals surface area (Å²) in [6.07, 6.45) is 27.0. The van der Waals surface area contributed by atoms with Crippen LogP contribution in [0, 0.1) is 0 Å². The van der Waals surface area contributed by atoms with E-state index in [0.29, 0.717) is 84.2 Å². The van der Waals surface area contributed by atoms with E-state index in [1.807, 2.05) is 13.8 Å². The van der Waals surface area contributed by atoms with Gasteiger partial charge in [-0.25, -0.2) is 0 Å². The van der Waals surface area contributed by atoms with Crippen LogP contribution in [0.5, 0.6) is 0 Å². The largest absolute Gasteiger partial charge is 0.463 e. The van der Waals surface area contributed by atoms with E-state index in [2.05, 4.69) is 35.3 Å². The summed E-state index contributed by atoms with van der Waals surface area (Å²) >= 11 is 0. The van der Waals surface area contributed by atoms with Crippen LogP contribution in [0.1, 0.15) is 336 Å². The second-order valence-corrected chi connectivity index (χ2v) is 34.6. The Labute approximate surface area is 770 Å². The third kappa shape index (κ3) is 60.2. The maximum atomic E-state index is 14.4. The number of ether oxygens (including phenoxy) is 11. The van der Waals surface area contributed by atoms with Gasteiger partial charge in [-0.2, -0.15) is 5.48 Å². The van der Waals surface area contributed by atoms with Gasteiger partial charge in [-0.15, -0.1) is 0 Å². The Morgan fingerprint density at radius 3 is 1.11 bits per heavy atom. The van der Waals surface area contributed by atoms with Crippen LogP contribution < -0.4 is 21.4 Å². The third-order valence-electron chi connectivity index (χ3n) is 23.3. The minimum Gasteiger partial charge on any atom is -0.463 e. The molecule has 3 aliphatic heterocycles. The van der Waals surface area contributed by atoms with Crippen molar-refractivity contribution in [3.63, 3.8) is 0 Å². The van der Waals surface area contributed by atoms with E-state index >= 15 is 0 Å². The summed E-state index contributed by atoms with van der Waals surface area (Å²) in [6, 6.07) is -1.06. The van der Waals surface area contributed by atoms with Crippen LogP contribution in [-0.4, -0.2) is 331 Å². The molecule has 0 radical (unpaired) electrons. The molecule has 35 heteroatoms. The Balaban J connectivity index is 0.00000102. The van der Waals surface area contributed by atoms with Crippen LogP contribution in [0.3, 0.4) is 0 Å². The van der Waals surface area contributed by atoms with E-state index in [4.69, 9.17) is 56.9 Å². The fraction of sp³-hybridized carbons (Fsp3) is 0.936. The number of rotatable bonds is 84. The van der Waals surface area contributed by atoms with Gasteiger partial charge in [-0.1, -0.05) is 213 Å². The summed E-state index contributed by atoms with van der Waals surface area (Å²) in [6.45, 7) is 10.9. The lowest BCUT2D eigenvalue weighted by Crippen LogP contribution is -2.59. The zero-order valence-corrected chi connectivity index (χ0v) is 79.4. The highest BCUT2D eigenvalue weighted by Crippen LogP contribution is 2.27. The Hall–Kier alpha value is -4.10. The molecule has 4 amide bonds. The van der Waals surface area contributed by atoms with Crippen molar-refractivity contribution in [2.75, 3.05) is 125 Å². The third-order valence-corrected chi connectivity index (χ3v) is 23.3. The SMILES string of the molecule is CCCCCCCCCCCCCCCCCCOCC(COC(=O)CCC)OCCCCCCCCCCCCCCCCCC.CCOCCOCCC(=O)N[C@@H](CCCNOC(=O)CCCCOC1OC(CO)C(O)C(O)C1O)C(=O)N(CCCNC(=O)CCCCOC1OC(CO)C(O)C(O)C1O)CCCNC(=O)CCCCOC1OC(CO)C(O)C(O)C1O. The lowest BCUT2D eigenvalue weighted by molar-refractivity contribution is -0.301. The van der Waals surface area contributed by atoms with Gasteiger partial charge in [-0.3, -0.25) is 28.8 Å². The lowest BCUT2D eigenvalue weighted by Gasteiger charge is -2.39. The van der Waals surface area contributed by atoms with Crippen molar-refractivity contribution < 1.29 is 147 Å². The van der Waals surface area contributed by atoms with Gasteiger partial charge < -0.3 is 139 Å². The molecule has 0 aromatic carbocycles. The van der Waals surface area contributed by atoms with Crippen molar-refractivity contribution in [2.24, 2.45) is 0 Å². The summed E-state index contributed by atoms with van der Waals surface area (Å²) in [5, 5.41) is 127. The second kappa shape index (κ2) is 82.2. The number of carbonyl (C=O) groups is 6. The number of hydrogen-bond donors (Lipinski definition) is 16. The quantitative estimate of drug-likeness (QED) is 0.0157. The molecular weight excluding hydrogens is 1680 g/mol. The highest BCUT2D eigenvalue weighted by molar-refractivity contribution is 5.87. The van der Waals surface area contributed by atoms with Gasteiger partial charge in [0.25, 0.3) is 0 Å². The van der Waals surface area contributed by atoms with Gasteiger partial charge in [-0.05, 0) is 90.4 Å². The maximum absolute atomic E-state index is 14.4. The first kappa shape index (κ1) is 121. The van der Waals surface area contributed by atoms with Crippen molar-refractivity contribution in [1.82, 2.24) is 26.3 Å². The number of unbranched alkanes of at least 4 members (excludes halogenated alkanes) is 33.